The van der Waals surface area contributed by atoms with Gasteiger partial charge in [0.15, 0.2) is 0 Å². The molecule has 0 N–H and O–H groups in total. The van der Waals surface area contributed by atoms with Gasteiger partial charge in [-0.3, -0.25) is 0 Å². The van der Waals surface area contributed by atoms with Gasteiger partial charge >= 0.3 is 43.2 Å². The van der Waals surface area contributed by atoms with Crippen LogP contribution in [0.3, 0.4) is 0 Å². The van der Waals surface area contributed by atoms with Crippen LogP contribution >= 0.6 is 0 Å². The van der Waals surface area contributed by atoms with Crippen molar-refractivity contribution in [2.45, 2.75) is 0 Å². The fraction of sp³-hybridized carbons (Fsp3) is 0. The fourth-order valence-electron chi connectivity index (χ4n) is 2.66. The van der Waals surface area contributed by atoms with Gasteiger partial charge in [-0.2, -0.15) is 0 Å². The van der Waals surface area contributed by atoms with Crippen molar-refractivity contribution >= 4 is 73.8 Å². The largest absolute Gasteiger partial charge is 0.435 e. The van der Waals surface area contributed by atoms with E-state index in [4.69, 9.17) is 12.3 Å². The van der Waals surface area contributed by atoms with Crippen molar-refractivity contribution in [1.29, 1.82) is 0 Å². The van der Waals surface area contributed by atoms with Gasteiger partial charge in [-0.25, -0.2) is 19.2 Å². The Balaban J connectivity index is 1.54. The van der Waals surface area contributed by atoms with Gasteiger partial charge in [0.25, 0.3) is 9.76 Å². The summed E-state index contributed by atoms with van der Waals surface area (Å²) >= 11 is 0. The standard InChI is InChI=1S/C16H6O9Si4/c17-13-9-3-1-7(5-11(9)15(19)21-13)27-24-29(25-28-23-26)8-2-4-10-12(6-8)16(20)22-14(10)18/h1-6H. The van der Waals surface area contributed by atoms with Crippen molar-refractivity contribution < 1.29 is 41.0 Å². The molecule has 0 amide bonds. The number of fused-ring (bicyclic) bond motifs is 2. The molecule has 9 nitrogen and oxygen atoms in total. The molecule has 0 saturated heterocycles. The van der Waals surface area contributed by atoms with Crippen molar-refractivity contribution in [3.05, 3.63) is 58.7 Å². The lowest BCUT2D eigenvalue weighted by Crippen LogP contribution is -2.42. The number of esters is 4. The molecule has 0 aliphatic carbocycles. The second-order valence-electron chi connectivity index (χ2n) is 5.65. The van der Waals surface area contributed by atoms with Crippen LogP contribution < -0.4 is 10.4 Å². The lowest BCUT2D eigenvalue weighted by molar-refractivity contribution is 0.0425. The number of ether oxygens (including phenoxy) is 2. The molecule has 2 heterocycles. The minimum atomic E-state index is -2.11. The molecular formula is C16H6O9Si4. The Bertz CT molecular complexity index is 1050. The molecular weight excluding hydrogens is 449 g/mol. The van der Waals surface area contributed by atoms with Crippen molar-refractivity contribution in [1.82, 2.24) is 0 Å². The number of carbonyl (C=O) groups is 4. The topological polar surface area (TPSA) is 114 Å². The molecule has 0 fully saturated rings. The molecule has 140 valence electrons. The summed E-state index contributed by atoms with van der Waals surface area (Å²) in [5.74, 6) is -2.80. The van der Waals surface area contributed by atoms with Crippen LogP contribution in [0.1, 0.15) is 41.4 Å². The van der Waals surface area contributed by atoms with Gasteiger partial charge in [0, 0.05) is 0 Å². The van der Waals surface area contributed by atoms with Crippen molar-refractivity contribution in [3.63, 3.8) is 0 Å². The Labute approximate surface area is 173 Å². The zero-order valence-electron chi connectivity index (χ0n) is 14.1. The van der Waals surface area contributed by atoms with Crippen molar-refractivity contribution in [2.24, 2.45) is 0 Å². The molecule has 0 aromatic heterocycles. The molecule has 29 heavy (non-hydrogen) atoms. The van der Waals surface area contributed by atoms with E-state index in [1.165, 1.54) is 24.3 Å². The number of benzene rings is 2. The monoisotopic (exact) mass is 454 g/mol. The van der Waals surface area contributed by atoms with Crippen LogP contribution in [0.15, 0.2) is 36.4 Å². The normalized spacial score (nSPS) is 14.8. The van der Waals surface area contributed by atoms with Crippen LogP contribution in [0, 0.1) is 0 Å². The highest BCUT2D eigenvalue weighted by atomic mass is 28.4. The smallest absolute Gasteiger partial charge is 0.411 e. The van der Waals surface area contributed by atoms with E-state index in [2.05, 4.69) is 20.0 Å². The molecule has 13 heteroatoms. The van der Waals surface area contributed by atoms with E-state index < -0.39 is 33.2 Å². The first kappa shape index (κ1) is 19.8. The van der Waals surface area contributed by atoms with E-state index in [0.717, 1.165) is 0 Å². The highest BCUT2D eigenvalue weighted by Crippen LogP contribution is 2.19. The van der Waals surface area contributed by atoms with Crippen molar-refractivity contribution in [3.8, 4) is 0 Å². The van der Waals surface area contributed by atoms with Gasteiger partial charge in [0.2, 0.25) is 10.5 Å². The van der Waals surface area contributed by atoms with E-state index in [-0.39, 0.29) is 42.0 Å². The van der Waals surface area contributed by atoms with Gasteiger partial charge in [-0.05, 0) is 34.6 Å². The van der Waals surface area contributed by atoms with E-state index in [9.17, 15) is 19.2 Å². The molecule has 0 spiro atoms. The molecule has 8 radical (unpaired) electrons. The molecule has 0 unspecified atom stereocenters. The first-order valence-electron chi connectivity index (χ1n) is 7.83. The number of hydrogen-bond donors (Lipinski definition) is 0. The van der Waals surface area contributed by atoms with Gasteiger partial charge in [-0.15, -0.1) is 0 Å². The maximum atomic E-state index is 11.8. The maximum absolute atomic E-state index is 11.8. The summed E-state index contributed by atoms with van der Waals surface area (Å²) in [6.07, 6.45) is 0. The van der Waals surface area contributed by atoms with E-state index >= 15 is 0 Å². The summed E-state index contributed by atoms with van der Waals surface area (Å²) in [5, 5.41) is 1.22. The maximum Gasteiger partial charge on any atom is 0.411 e. The zero-order chi connectivity index (χ0) is 20.5. The van der Waals surface area contributed by atoms with E-state index in [0.29, 0.717) is 10.4 Å². The Morgan fingerprint density at radius 2 is 1.34 bits per heavy atom. The average Bonchev–Trinajstić information content (AvgIpc) is 3.16. The molecule has 0 atom stereocenters. The predicted octanol–water partition coefficient (Wildman–Crippen LogP) is -1.38. The third-order valence-electron chi connectivity index (χ3n) is 3.96. The lowest BCUT2D eigenvalue weighted by atomic mass is 10.1. The zero-order valence-corrected chi connectivity index (χ0v) is 18.1. The second-order valence-corrected chi connectivity index (χ2v) is 10.2. The second kappa shape index (κ2) is 8.07. The number of carbonyl (C=O) groups excluding carboxylic acids is 4. The lowest BCUT2D eigenvalue weighted by Gasteiger charge is -2.15. The summed E-state index contributed by atoms with van der Waals surface area (Å²) < 4.78 is 25.4. The summed E-state index contributed by atoms with van der Waals surface area (Å²) in [5.41, 5.74) is 0.721. The van der Waals surface area contributed by atoms with Gasteiger partial charge in [-0.1, -0.05) is 12.1 Å². The summed E-state index contributed by atoms with van der Waals surface area (Å²) in [4.78, 5) is 46.6. The molecule has 2 aliphatic heterocycles. The molecule has 0 bridgehead atoms. The van der Waals surface area contributed by atoms with Gasteiger partial charge in [0.1, 0.15) is 0 Å². The van der Waals surface area contributed by atoms with Crippen LogP contribution in [0.2, 0.25) is 0 Å². The average molecular weight is 455 g/mol. The third-order valence-corrected chi connectivity index (χ3v) is 7.85. The summed E-state index contributed by atoms with van der Waals surface area (Å²) in [6, 6.07) is 9.28. The molecule has 2 aromatic carbocycles. The van der Waals surface area contributed by atoms with Crippen LogP contribution in [0.25, 0.3) is 0 Å². The number of hydrogen-bond acceptors (Lipinski definition) is 9. The minimum absolute atomic E-state index is 0.145. The SMILES string of the molecule is O=C1OC(=O)c2cc([Si]O[Si](O[Si]O[Si])c3ccc4c(c3)C(=O)OC4=O)ccc21. The summed E-state index contributed by atoms with van der Waals surface area (Å²) in [6.45, 7) is 0. The highest BCUT2D eigenvalue weighted by molar-refractivity contribution is 6.72. The van der Waals surface area contributed by atoms with Crippen LogP contribution in [-0.4, -0.2) is 63.4 Å². The van der Waals surface area contributed by atoms with Crippen LogP contribution in [0.5, 0.6) is 0 Å². The minimum Gasteiger partial charge on any atom is -0.435 e. The van der Waals surface area contributed by atoms with Crippen molar-refractivity contribution in [2.75, 3.05) is 0 Å². The van der Waals surface area contributed by atoms with Gasteiger partial charge < -0.3 is 21.8 Å². The fourth-order valence-corrected chi connectivity index (χ4v) is 6.67. The van der Waals surface area contributed by atoms with E-state index in [1.807, 2.05) is 0 Å². The Hall–Kier alpha value is -2.53. The Morgan fingerprint density at radius 3 is 2.00 bits per heavy atom. The van der Waals surface area contributed by atoms with Crippen LogP contribution in [0.4, 0.5) is 0 Å². The van der Waals surface area contributed by atoms with Crippen LogP contribution in [-0.2, 0) is 21.8 Å². The third kappa shape index (κ3) is 3.84. The number of rotatable bonds is 7. The van der Waals surface area contributed by atoms with E-state index in [1.54, 1.807) is 12.1 Å². The molecule has 4 rings (SSSR count). The highest BCUT2D eigenvalue weighted by Gasteiger charge is 2.33. The Kier molecular flexibility index (Phi) is 5.50. The number of cyclic esters (lactones) is 4. The predicted molar refractivity (Wildman–Crippen MR) is 97.9 cm³/mol. The quantitative estimate of drug-likeness (QED) is 0.283. The van der Waals surface area contributed by atoms with Gasteiger partial charge in [0.05, 0.1) is 22.3 Å². The first-order valence-corrected chi connectivity index (χ1v) is 11.3. The summed E-state index contributed by atoms with van der Waals surface area (Å²) in [7, 11) is 0.142. The first-order chi connectivity index (χ1) is 14.0. The Morgan fingerprint density at radius 1 is 0.759 bits per heavy atom. The molecule has 2 aliphatic rings. The molecule has 0 saturated carbocycles. The molecule has 2 aromatic rings.